The first kappa shape index (κ1) is 17.5. The van der Waals surface area contributed by atoms with Crippen LogP contribution in [0.1, 0.15) is 18.2 Å². The smallest absolute Gasteiger partial charge is 0.224 e. The number of ether oxygens (including phenoxy) is 1. The highest BCUT2D eigenvalue weighted by atomic mass is 16.5. The molecule has 0 radical (unpaired) electrons. The molecule has 26 heavy (non-hydrogen) atoms. The lowest BCUT2D eigenvalue weighted by molar-refractivity contribution is -0.125. The summed E-state index contributed by atoms with van der Waals surface area (Å²) >= 11 is 0. The van der Waals surface area contributed by atoms with Crippen molar-refractivity contribution in [2.24, 2.45) is 5.92 Å². The first-order valence-electron chi connectivity index (χ1n) is 8.26. The summed E-state index contributed by atoms with van der Waals surface area (Å²) in [7, 11) is 0. The lowest BCUT2D eigenvalue weighted by atomic mass is 10.1. The Kier molecular flexibility index (Phi) is 5.52. The van der Waals surface area contributed by atoms with Gasteiger partial charge in [-0.25, -0.2) is 9.97 Å². The van der Waals surface area contributed by atoms with Crippen LogP contribution in [0.25, 0.3) is 0 Å². The van der Waals surface area contributed by atoms with Gasteiger partial charge in [-0.15, -0.1) is 0 Å². The number of carbonyl (C=O) groups excluding carboxylic acids is 1. The Bertz CT molecular complexity index is 848. The predicted molar refractivity (Wildman–Crippen MR) is 94.3 cm³/mol. The summed E-state index contributed by atoms with van der Waals surface area (Å²) in [5.41, 5.74) is 1.70. The molecule has 0 aliphatic carbocycles. The normalized spacial score (nSPS) is 11.8. The van der Waals surface area contributed by atoms with E-state index in [2.05, 4.69) is 25.4 Å². The molecule has 0 saturated heterocycles. The summed E-state index contributed by atoms with van der Waals surface area (Å²) in [6.07, 6.45) is 6.33. The molecular formula is C18H20N6O2. The molecule has 3 rings (SSSR count). The number of hydrogen-bond acceptors (Lipinski definition) is 6. The minimum atomic E-state index is -0.237. The third kappa shape index (κ3) is 4.62. The van der Waals surface area contributed by atoms with E-state index in [4.69, 9.17) is 4.74 Å². The number of nitrogens with one attached hydrogen (secondary N) is 1. The lowest BCUT2D eigenvalue weighted by Gasteiger charge is -2.14. The van der Waals surface area contributed by atoms with Crippen molar-refractivity contribution in [3.8, 4) is 11.6 Å². The number of amides is 1. The number of aryl methyl sites for hydroxylation is 1. The average molecular weight is 352 g/mol. The number of carbonyl (C=O) groups is 1. The van der Waals surface area contributed by atoms with Crippen molar-refractivity contribution < 1.29 is 9.53 Å². The lowest BCUT2D eigenvalue weighted by Crippen LogP contribution is -2.31. The fraction of sp³-hybridized carbons (Fsp3) is 0.278. The van der Waals surface area contributed by atoms with Crippen LogP contribution in [0, 0.1) is 12.8 Å². The Balaban J connectivity index is 1.61. The van der Waals surface area contributed by atoms with E-state index >= 15 is 0 Å². The molecule has 8 nitrogen and oxygen atoms in total. The Morgan fingerprint density at radius 1 is 1.31 bits per heavy atom. The summed E-state index contributed by atoms with van der Waals surface area (Å²) in [5, 5.41) is 6.92. The SMILES string of the molecule is Cc1ccc(Oc2ncccc2CNC(=O)C(C)Cn2cncn2)cn1. The van der Waals surface area contributed by atoms with Gasteiger partial charge < -0.3 is 10.1 Å². The Morgan fingerprint density at radius 3 is 2.92 bits per heavy atom. The van der Waals surface area contributed by atoms with Gasteiger partial charge in [-0.05, 0) is 25.1 Å². The maximum absolute atomic E-state index is 12.3. The summed E-state index contributed by atoms with van der Waals surface area (Å²) in [6.45, 7) is 4.54. The summed E-state index contributed by atoms with van der Waals surface area (Å²) in [4.78, 5) is 24.6. The number of aromatic nitrogens is 5. The minimum Gasteiger partial charge on any atom is -0.437 e. The second-order valence-corrected chi connectivity index (χ2v) is 5.94. The molecule has 8 heteroatoms. The van der Waals surface area contributed by atoms with E-state index in [9.17, 15) is 4.79 Å². The molecule has 0 aliphatic heterocycles. The van der Waals surface area contributed by atoms with Gasteiger partial charge >= 0.3 is 0 Å². The van der Waals surface area contributed by atoms with Gasteiger partial charge in [0.25, 0.3) is 0 Å². The van der Waals surface area contributed by atoms with Gasteiger partial charge in [0, 0.05) is 24.0 Å². The predicted octanol–water partition coefficient (Wildman–Crippen LogP) is 2.12. The molecule has 3 aromatic heterocycles. The van der Waals surface area contributed by atoms with Gasteiger partial charge in [-0.1, -0.05) is 13.0 Å². The second kappa shape index (κ2) is 8.19. The first-order chi connectivity index (χ1) is 12.6. The van der Waals surface area contributed by atoms with Gasteiger partial charge in [0.2, 0.25) is 11.8 Å². The van der Waals surface area contributed by atoms with Crippen LogP contribution in [0.4, 0.5) is 0 Å². The molecule has 0 spiro atoms. The highest BCUT2D eigenvalue weighted by molar-refractivity contribution is 5.78. The molecule has 134 valence electrons. The van der Waals surface area contributed by atoms with Gasteiger partial charge in [-0.2, -0.15) is 5.10 Å². The van der Waals surface area contributed by atoms with Crippen molar-refractivity contribution in [3.05, 3.63) is 60.6 Å². The molecule has 0 saturated carbocycles. The Morgan fingerprint density at radius 2 is 2.19 bits per heavy atom. The number of pyridine rings is 2. The monoisotopic (exact) mass is 352 g/mol. The zero-order valence-corrected chi connectivity index (χ0v) is 14.7. The summed E-state index contributed by atoms with van der Waals surface area (Å²) in [6, 6.07) is 7.37. The fourth-order valence-electron chi connectivity index (χ4n) is 2.32. The van der Waals surface area contributed by atoms with Gasteiger partial charge in [-0.3, -0.25) is 14.5 Å². The molecule has 0 aromatic carbocycles. The van der Waals surface area contributed by atoms with E-state index < -0.39 is 0 Å². The molecule has 0 aliphatic rings. The molecular weight excluding hydrogens is 332 g/mol. The molecule has 1 unspecified atom stereocenters. The van der Waals surface area contributed by atoms with Crippen LogP contribution in [0.3, 0.4) is 0 Å². The van der Waals surface area contributed by atoms with Gasteiger partial charge in [0.05, 0.1) is 18.7 Å². The quantitative estimate of drug-likeness (QED) is 0.700. The van der Waals surface area contributed by atoms with Crippen LogP contribution in [-0.2, 0) is 17.9 Å². The largest absolute Gasteiger partial charge is 0.437 e. The van der Waals surface area contributed by atoms with Crippen molar-refractivity contribution in [1.29, 1.82) is 0 Å². The summed E-state index contributed by atoms with van der Waals surface area (Å²) in [5.74, 6) is 0.732. The molecule has 1 atom stereocenters. The standard InChI is InChI=1S/C18H20N6O2/c1-13(10-24-12-19-11-23-24)17(25)22-8-15-4-3-7-20-18(15)26-16-6-5-14(2)21-9-16/h3-7,9,11-13H,8,10H2,1-2H3,(H,22,25). The maximum Gasteiger partial charge on any atom is 0.224 e. The first-order valence-corrected chi connectivity index (χ1v) is 8.26. The van der Waals surface area contributed by atoms with Crippen molar-refractivity contribution in [3.63, 3.8) is 0 Å². The van der Waals surface area contributed by atoms with Crippen molar-refractivity contribution >= 4 is 5.91 Å². The molecule has 1 N–H and O–H groups in total. The number of rotatable bonds is 7. The van der Waals surface area contributed by atoms with Crippen molar-refractivity contribution in [1.82, 2.24) is 30.0 Å². The molecule has 0 fully saturated rings. The Hall–Kier alpha value is -3.29. The van der Waals surface area contributed by atoms with Crippen molar-refractivity contribution in [2.75, 3.05) is 0 Å². The van der Waals surface area contributed by atoms with E-state index in [0.717, 1.165) is 11.3 Å². The molecule has 3 heterocycles. The average Bonchev–Trinajstić information content (AvgIpc) is 3.15. The van der Waals surface area contributed by atoms with Crippen LogP contribution >= 0.6 is 0 Å². The van der Waals surface area contributed by atoms with Crippen LogP contribution in [-0.4, -0.2) is 30.6 Å². The minimum absolute atomic E-state index is 0.0766. The number of hydrogen-bond donors (Lipinski definition) is 1. The van der Waals surface area contributed by atoms with E-state index in [1.165, 1.54) is 6.33 Å². The molecule has 1 amide bonds. The van der Waals surface area contributed by atoms with Crippen LogP contribution in [0.15, 0.2) is 49.3 Å². The molecule has 0 bridgehead atoms. The van der Waals surface area contributed by atoms with Crippen LogP contribution in [0.5, 0.6) is 11.6 Å². The highest BCUT2D eigenvalue weighted by Crippen LogP contribution is 2.22. The van der Waals surface area contributed by atoms with E-state index in [1.807, 2.05) is 32.0 Å². The van der Waals surface area contributed by atoms with Gasteiger partial charge in [0.15, 0.2) is 0 Å². The second-order valence-electron chi connectivity index (χ2n) is 5.94. The highest BCUT2D eigenvalue weighted by Gasteiger charge is 2.15. The third-order valence-corrected chi connectivity index (χ3v) is 3.78. The third-order valence-electron chi connectivity index (χ3n) is 3.78. The zero-order chi connectivity index (χ0) is 18.4. The van der Waals surface area contributed by atoms with E-state index in [0.29, 0.717) is 24.7 Å². The van der Waals surface area contributed by atoms with E-state index in [1.54, 1.807) is 29.5 Å². The van der Waals surface area contributed by atoms with E-state index in [-0.39, 0.29) is 11.8 Å². The zero-order valence-electron chi connectivity index (χ0n) is 14.7. The maximum atomic E-state index is 12.3. The number of nitrogens with zero attached hydrogens (tertiary/aromatic N) is 5. The summed E-state index contributed by atoms with van der Waals surface area (Å²) < 4.78 is 7.43. The Labute approximate surface area is 151 Å². The molecule has 3 aromatic rings. The fourth-order valence-corrected chi connectivity index (χ4v) is 2.32. The van der Waals surface area contributed by atoms with Crippen LogP contribution < -0.4 is 10.1 Å². The van der Waals surface area contributed by atoms with Crippen molar-refractivity contribution in [2.45, 2.75) is 26.9 Å². The topological polar surface area (TPSA) is 94.8 Å². The van der Waals surface area contributed by atoms with Crippen LogP contribution in [0.2, 0.25) is 0 Å². The van der Waals surface area contributed by atoms with Gasteiger partial charge in [0.1, 0.15) is 18.4 Å².